The average molecular weight is 348 g/mol. The van der Waals surface area contributed by atoms with Crippen LogP contribution in [-0.2, 0) is 6.18 Å². The topological polar surface area (TPSA) is 42.0 Å². The molecule has 3 rings (SSSR count). The Labute approximate surface area is 139 Å². The number of hydrogen-bond acceptors (Lipinski definition) is 3. The van der Waals surface area contributed by atoms with Crippen LogP contribution >= 0.6 is 11.3 Å². The molecule has 3 aromatic rings. The lowest BCUT2D eigenvalue weighted by atomic mass is 10.0. The number of aromatic nitrogens is 1. The van der Waals surface area contributed by atoms with Crippen molar-refractivity contribution in [3.8, 4) is 11.1 Å². The molecule has 24 heavy (non-hydrogen) atoms. The van der Waals surface area contributed by atoms with Crippen LogP contribution in [0.4, 0.5) is 18.9 Å². The monoisotopic (exact) mass is 348 g/mol. The Kier molecular flexibility index (Phi) is 4.35. The molecule has 0 aliphatic rings. The number of nitrogens with one attached hydrogen (secondary N) is 1. The minimum atomic E-state index is -4.34. The predicted octanol–water partition coefficient (Wildman–Crippen LogP) is 5.08. The second kappa shape index (κ2) is 6.45. The number of carbonyl (C=O) groups excluding carboxylic acids is 1. The van der Waals surface area contributed by atoms with E-state index in [4.69, 9.17) is 0 Å². The SMILES string of the molecule is O=C(Nc1ccc(-c2ccc(C(F)(F)F)cc2)cc1)c1cscn1. The van der Waals surface area contributed by atoms with Crippen molar-refractivity contribution < 1.29 is 18.0 Å². The Morgan fingerprint density at radius 1 is 0.958 bits per heavy atom. The van der Waals surface area contributed by atoms with Crippen LogP contribution < -0.4 is 5.32 Å². The van der Waals surface area contributed by atoms with Gasteiger partial charge in [0.25, 0.3) is 5.91 Å². The van der Waals surface area contributed by atoms with Gasteiger partial charge in [-0.25, -0.2) is 4.98 Å². The zero-order valence-electron chi connectivity index (χ0n) is 12.2. The fraction of sp³-hybridized carbons (Fsp3) is 0.0588. The smallest absolute Gasteiger partial charge is 0.321 e. The summed E-state index contributed by atoms with van der Waals surface area (Å²) in [5.41, 5.74) is 3.24. The molecule has 0 aliphatic carbocycles. The van der Waals surface area contributed by atoms with Crippen LogP contribution in [0.5, 0.6) is 0 Å². The van der Waals surface area contributed by atoms with Crippen molar-refractivity contribution >= 4 is 22.9 Å². The Balaban J connectivity index is 1.73. The Bertz CT molecular complexity index is 826. The largest absolute Gasteiger partial charge is 0.416 e. The van der Waals surface area contributed by atoms with Gasteiger partial charge in [0, 0.05) is 11.1 Å². The van der Waals surface area contributed by atoms with Crippen LogP contribution in [0.15, 0.2) is 59.4 Å². The van der Waals surface area contributed by atoms with Crippen LogP contribution in [0.1, 0.15) is 16.1 Å². The molecule has 2 aromatic carbocycles. The molecule has 1 aromatic heterocycles. The van der Waals surface area contributed by atoms with Gasteiger partial charge in [0.05, 0.1) is 11.1 Å². The molecule has 0 spiro atoms. The van der Waals surface area contributed by atoms with Gasteiger partial charge in [-0.3, -0.25) is 4.79 Å². The number of hydrogen-bond donors (Lipinski definition) is 1. The third-order valence-corrected chi connectivity index (χ3v) is 3.94. The highest BCUT2D eigenvalue weighted by Crippen LogP contribution is 2.31. The van der Waals surface area contributed by atoms with E-state index in [1.165, 1.54) is 23.5 Å². The van der Waals surface area contributed by atoms with Crippen molar-refractivity contribution in [2.75, 3.05) is 5.32 Å². The highest BCUT2D eigenvalue weighted by Gasteiger charge is 2.29. The number of anilines is 1. The van der Waals surface area contributed by atoms with Crippen molar-refractivity contribution in [1.29, 1.82) is 0 Å². The summed E-state index contributed by atoms with van der Waals surface area (Å²) in [5, 5.41) is 4.35. The summed E-state index contributed by atoms with van der Waals surface area (Å²) in [7, 11) is 0. The molecule has 1 heterocycles. The maximum atomic E-state index is 12.6. The summed E-state index contributed by atoms with van der Waals surface area (Å²) in [6.45, 7) is 0. The second-order valence-corrected chi connectivity index (χ2v) is 5.70. The number of alkyl halides is 3. The Morgan fingerprint density at radius 2 is 1.54 bits per heavy atom. The molecule has 0 radical (unpaired) electrons. The number of nitrogens with zero attached hydrogens (tertiary/aromatic N) is 1. The molecular formula is C17H11F3N2OS. The van der Waals surface area contributed by atoms with Crippen molar-refractivity contribution in [2.45, 2.75) is 6.18 Å². The summed E-state index contributed by atoms with van der Waals surface area (Å²) in [5.74, 6) is -0.307. The van der Waals surface area contributed by atoms with E-state index in [1.54, 1.807) is 35.2 Å². The van der Waals surface area contributed by atoms with E-state index in [2.05, 4.69) is 10.3 Å². The van der Waals surface area contributed by atoms with Crippen molar-refractivity contribution in [3.05, 3.63) is 70.7 Å². The van der Waals surface area contributed by atoms with Crippen LogP contribution in [0, 0.1) is 0 Å². The number of benzene rings is 2. The quantitative estimate of drug-likeness (QED) is 0.717. The van der Waals surface area contributed by atoms with Crippen LogP contribution in [0.2, 0.25) is 0 Å². The number of carbonyl (C=O) groups is 1. The van der Waals surface area contributed by atoms with Crippen molar-refractivity contribution in [3.63, 3.8) is 0 Å². The van der Waals surface area contributed by atoms with Crippen molar-refractivity contribution in [2.24, 2.45) is 0 Å². The maximum Gasteiger partial charge on any atom is 0.416 e. The molecule has 7 heteroatoms. The van der Waals surface area contributed by atoms with Crippen molar-refractivity contribution in [1.82, 2.24) is 4.98 Å². The zero-order chi connectivity index (χ0) is 17.2. The normalized spacial score (nSPS) is 11.3. The van der Waals surface area contributed by atoms with E-state index in [9.17, 15) is 18.0 Å². The number of halogens is 3. The van der Waals surface area contributed by atoms with Gasteiger partial charge in [-0.15, -0.1) is 11.3 Å². The standard InChI is InChI=1S/C17H11F3N2OS/c18-17(19,20)13-5-1-11(2-6-13)12-3-7-14(8-4-12)22-16(23)15-9-24-10-21-15/h1-10H,(H,22,23). The third kappa shape index (κ3) is 3.62. The van der Waals surface area contributed by atoms with Gasteiger partial charge in [0.15, 0.2) is 0 Å². The van der Waals surface area contributed by atoms with E-state index in [0.717, 1.165) is 17.7 Å². The van der Waals surface area contributed by atoms with Gasteiger partial charge >= 0.3 is 6.18 Å². The average Bonchev–Trinajstić information content (AvgIpc) is 3.09. The molecule has 0 fully saturated rings. The van der Waals surface area contributed by atoms with Gasteiger partial charge in [0.1, 0.15) is 5.69 Å². The Hall–Kier alpha value is -2.67. The Morgan fingerprint density at radius 3 is 2.04 bits per heavy atom. The van der Waals surface area contributed by atoms with Gasteiger partial charge in [-0.05, 0) is 35.4 Å². The highest BCUT2D eigenvalue weighted by atomic mass is 32.1. The predicted molar refractivity (Wildman–Crippen MR) is 86.9 cm³/mol. The van der Waals surface area contributed by atoms with Gasteiger partial charge in [0.2, 0.25) is 0 Å². The molecular weight excluding hydrogens is 337 g/mol. The van der Waals surface area contributed by atoms with Crippen LogP contribution in [0.25, 0.3) is 11.1 Å². The third-order valence-electron chi connectivity index (χ3n) is 3.35. The second-order valence-electron chi connectivity index (χ2n) is 4.98. The maximum absolute atomic E-state index is 12.6. The molecule has 0 saturated carbocycles. The summed E-state index contributed by atoms with van der Waals surface area (Å²) in [6.07, 6.45) is -4.34. The molecule has 0 aliphatic heterocycles. The van der Waals surface area contributed by atoms with Crippen LogP contribution in [-0.4, -0.2) is 10.9 Å². The molecule has 122 valence electrons. The summed E-state index contributed by atoms with van der Waals surface area (Å²) < 4.78 is 37.7. The van der Waals surface area contributed by atoms with E-state index in [1.807, 2.05) is 0 Å². The van der Waals surface area contributed by atoms with E-state index < -0.39 is 11.7 Å². The first kappa shape index (κ1) is 16.2. The molecule has 3 nitrogen and oxygen atoms in total. The summed E-state index contributed by atoms with van der Waals surface area (Å²) in [4.78, 5) is 15.8. The highest BCUT2D eigenvalue weighted by molar-refractivity contribution is 7.07. The molecule has 1 N–H and O–H groups in total. The molecule has 0 saturated heterocycles. The lowest BCUT2D eigenvalue weighted by molar-refractivity contribution is -0.137. The fourth-order valence-corrected chi connectivity index (χ4v) is 2.65. The summed E-state index contributed by atoms with van der Waals surface area (Å²) >= 11 is 1.33. The first-order chi connectivity index (χ1) is 11.4. The molecule has 0 unspecified atom stereocenters. The van der Waals surface area contributed by atoms with Gasteiger partial charge in [-0.1, -0.05) is 24.3 Å². The lowest BCUT2D eigenvalue weighted by Gasteiger charge is -2.08. The van der Waals surface area contributed by atoms with E-state index in [-0.39, 0.29) is 5.91 Å². The lowest BCUT2D eigenvalue weighted by Crippen LogP contribution is -2.11. The first-order valence-electron chi connectivity index (χ1n) is 6.91. The summed E-state index contributed by atoms with van der Waals surface area (Å²) in [6, 6.07) is 11.8. The van der Waals surface area contributed by atoms with Gasteiger partial charge < -0.3 is 5.32 Å². The number of rotatable bonds is 3. The fourth-order valence-electron chi connectivity index (χ4n) is 2.12. The van der Waals surface area contributed by atoms with Gasteiger partial charge in [-0.2, -0.15) is 13.2 Å². The first-order valence-corrected chi connectivity index (χ1v) is 7.85. The number of amides is 1. The molecule has 0 atom stereocenters. The number of thiazole rings is 1. The molecule has 0 bridgehead atoms. The zero-order valence-corrected chi connectivity index (χ0v) is 13.0. The van der Waals surface area contributed by atoms with E-state index in [0.29, 0.717) is 16.9 Å². The minimum Gasteiger partial charge on any atom is -0.321 e. The molecule has 1 amide bonds. The van der Waals surface area contributed by atoms with E-state index >= 15 is 0 Å². The van der Waals surface area contributed by atoms with Crippen LogP contribution in [0.3, 0.4) is 0 Å². The minimum absolute atomic E-state index is 0.307.